The van der Waals surface area contributed by atoms with Gasteiger partial charge < -0.3 is 14.8 Å². The van der Waals surface area contributed by atoms with E-state index in [0.717, 1.165) is 5.56 Å². The van der Waals surface area contributed by atoms with Gasteiger partial charge in [0.05, 0.1) is 18.1 Å². The molecule has 0 fully saturated rings. The van der Waals surface area contributed by atoms with Gasteiger partial charge in [-0.1, -0.05) is 6.07 Å². The molecule has 0 atom stereocenters. The highest BCUT2D eigenvalue weighted by Gasteiger charge is 2.16. The Hall–Kier alpha value is -3.66. The first kappa shape index (κ1) is 25.0. The molecule has 10 heteroatoms. The molecule has 0 aliphatic rings. The van der Waals surface area contributed by atoms with Crippen LogP contribution in [0, 0.1) is 6.92 Å². The Morgan fingerprint density at radius 1 is 0.971 bits per heavy atom. The lowest BCUT2D eigenvalue weighted by molar-refractivity contribution is -0.116. The molecule has 3 aromatic rings. The number of aryl methyl sites for hydroxylation is 2. The van der Waals surface area contributed by atoms with E-state index in [-0.39, 0.29) is 23.2 Å². The molecule has 0 bridgehead atoms. The van der Waals surface area contributed by atoms with Crippen LogP contribution in [-0.2, 0) is 21.2 Å². The highest BCUT2D eigenvalue weighted by Crippen LogP contribution is 2.29. The monoisotopic (exact) mass is 484 g/mol. The molecule has 9 nitrogen and oxygen atoms in total. The number of rotatable bonds is 11. The number of hydrogen-bond acceptors (Lipinski definition) is 7. The van der Waals surface area contributed by atoms with Gasteiger partial charge in [0.25, 0.3) is 10.0 Å². The van der Waals surface area contributed by atoms with E-state index in [1.54, 1.807) is 13.0 Å². The van der Waals surface area contributed by atoms with Crippen molar-refractivity contribution in [3.63, 3.8) is 0 Å². The van der Waals surface area contributed by atoms with Crippen molar-refractivity contribution in [2.24, 2.45) is 0 Å². The lowest BCUT2D eigenvalue weighted by atomic mass is 10.1. The molecule has 1 amide bonds. The fourth-order valence-corrected chi connectivity index (χ4v) is 4.08. The van der Waals surface area contributed by atoms with Crippen molar-refractivity contribution in [1.82, 2.24) is 9.97 Å². The maximum atomic E-state index is 12.5. The maximum Gasteiger partial charge on any atom is 0.264 e. The fourth-order valence-electron chi connectivity index (χ4n) is 3.13. The summed E-state index contributed by atoms with van der Waals surface area (Å²) in [5.74, 6) is 1.15. The Bertz CT molecular complexity index is 1230. The molecule has 0 aliphatic carbocycles. The zero-order valence-corrected chi connectivity index (χ0v) is 20.2. The minimum atomic E-state index is -3.85. The molecule has 0 aliphatic heterocycles. The topological polar surface area (TPSA) is 120 Å². The van der Waals surface area contributed by atoms with E-state index in [0.29, 0.717) is 42.5 Å². The lowest BCUT2D eigenvalue weighted by Gasteiger charge is -2.12. The largest absolute Gasteiger partial charge is 0.490 e. The Labute approximate surface area is 199 Å². The Balaban J connectivity index is 1.58. The van der Waals surface area contributed by atoms with Crippen molar-refractivity contribution in [2.45, 2.75) is 38.5 Å². The number of nitrogens with zero attached hydrogens (tertiary/aromatic N) is 2. The third-order valence-electron chi connectivity index (χ3n) is 4.72. The smallest absolute Gasteiger partial charge is 0.264 e. The second-order valence-corrected chi connectivity index (χ2v) is 9.03. The summed E-state index contributed by atoms with van der Waals surface area (Å²) in [4.78, 5) is 20.4. The quantitative estimate of drug-likeness (QED) is 0.423. The lowest BCUT2D eigenvalue weighted by Crippen LogP contribution is -2.16. The van der Waals surface area contributed by atoms with Crippen LogP contribution in [0.4, 0.5) is 11.6 Å². The third-order valence-corrected chi connectivity index (χ3v) is 6.06. The van der Waals surface area contributed by atoms with Gasteiger partial charge in [-0.2, -0.15) is 0 Å². The number of nitrogens with one attached hydrogen (secondary N) is 2. The van der Waals surface area contributed by atoms with Gasteiger partial charge in [0.2, 0.25) is 11.9 Å². The number of amides is 1. The summed E-state index contributed by atoms with van der Waals surface area (Å²) in [7, 11) is -3.85. The van der Waals surface area contributed by atoms with E-state index in [2.05, 4.69) is 20.0 Å². The molecule has 2 N–H and O–H groups in total. The molecule has 34 heavy (non-hydrogen) atoms. The zero-order valence-electron chi connectivity index (χ0n) is 19.4. The van der Waals surface area contributed by atoms with Gasteiger partial charge in [0.1, 0.15) is 0 Å². The number of anilines is 2. The molecule has 0 radical (unpaired) electrons. The van der Waals surface area contributed by atoms with E-state index in [9.17, 15) is 13.2 Å². The van der Waals surface area contributed by atoms with Crippen molar-refractivity contribution < 1.29 is 22.7 Å². The van der Waals surface area contributed by atoms with E-state index >= 15 is 0 Å². The minimum absolute atomic E-state index is 0.000775. The minimum Gasteiger partial charge on any atom is -0.490 e. The zero-order chi connectivity index (χ0) is 24.6. The summed E-state index contributed by atoms with van der Waals surface area (Å²) >= 11 is 0. The summed E-state index contributed by atoms with van der Waals surface area (Å²) in [5, 5.41) is 2.78. The normalized spacial score (nSPS) is 11.0. The molecule has 0 saturated carbocycles. The predicted octanol–water partition coefficient (Wildman–Crippen LogP) is 3.95. The molecule has 0 saturated heterocycles. The number of benzene rings is 2. The standard InChI is InChI=1S/C24H28N4O5S/c1-4-32-21-12-6-18(16-22(21)33-5-2)7-13-23(29)27-19-8-10-20(11-9-19)34(30,31)28-24-25-15-14-17(3)26-24/h6,8-12,14-16H,4-5,7,13H2,1-3H3,(H,27,29)(H,25,26,28). The first-order valence-electron chi connectivity index (χ1n) is 10.9. The van der Waals surface area contributed by atoms with E-state index in [4.69, 9.17) is 9.47 Å². The summed E-state index contributed by atoms with van der Waals surface area (Å²) in [5.41, 5.74) is 2.09. The highest BCUT2D eigenvalue weighted by atomic mass is 32.2. The first-order chi connectivity index (χ1) is 16.3. The average Bonchev–Trinajstić information content (AvgIpc) is 2.79. The Kier molecular flexibility index (Phi) is 8.42. The second-order valence-electron chi connectivity index (χ2n) is 7.35. The third kappa shape index (κ3) is 6.92. The predicted molar refractivity (Wildman–Crippen MR) is 130 cm³/mol. The van der Waals surface area contributed by atoms with Crippen molar-refractivity contribution in [3.8, 4) is 11.5 Å². The fraction of sp³-hybridized carbons (Fsp3) is 0.292. The van der Waals surface area contributed by atoms with Gasteiger partial charge in [-0.15, -0.1) is 0 Å². The molecule has 2 aromatic carbocycles. The van der Waals surface area contributed by atoms with E-state index in [1.165, 1.54) is 30.5 Å². The number of carbonyl (C=O) groups excluding carboxylic acids is 1. The second kappa shape index (κ2) is 11.5. The van der Waals surface area contributed by atoms with Crippen LogP contribution in [0.2, 0.25) is 0 Å². The van der Waals surface area contributed by atoms with Crippen LogP contribution < -0.4 is 19.5 Å². The van der Waals surface area contributed by atoms with Gasteiger partial charge in [0, 0.05) is 24.0 Å². The van der Waals surface area contributed by atoms with Crippen LogP contribution in [-0.4, -0.2) is 37.5 Å². The molecule has 3 rings (SSSR count). The van der Waals surface area contributed by atoms with Crippen LogP contribution >= 0.6 is 0 Å². The Morgan fingerprint density at radius 3 is 2.35 bits per heavy atom. The summed E-state index contributed by atoms with van der Waals surface area (Å²) in [6.45, 7) is 6.61. The van der Waals surface area contributed by atoms with Crippen molar-refractivity contribution in [2.75, 3.05) is 23.3 Å². The van der Waals surface area contributed by atoms with Crippen LogP contribution in [0.15, 0.2) is 59.6 Å². The maximum absolute atomic E-state index is 12.5. The van der Waals surface area contributed by atoms with Gasteiger partial charge >= 0.3 is 0 Å². The molecular weight excluding hydrogens is 456 g/mol. The molecule has 0 spiro atoms. The van der Waals surface area contributed by atoms with Crippen molar-refractivity contribution in [3.05, 3.63) is 66.0 Å². The van der Waals surface area contributed by atoms with Crippen LogP contribution in [0.3, 0.4) is 0 Å². The SMILES string of the molecule is CCOc1ccc(CCC(=O)Nc2ccc(S(=O)(=O)Nc3nccc(C)n3)cc2)cc1OCC. The average molecular weight is 485 g/mol. The van der Waals surface area contributed by atoms with Crippen LogP contribution in [0.1, 0.15) is 31.5 Å². The molecule has 180 valence electrons. The van der Waals surface area contributed by atoms with Crippen LogP contribution in [0.5, 0.6) is 11.5 Å². The number of hydrogen-bond donors (Lipinski definition) is 2. The number of carbonyl (C=O) groups is 1. The van der Waals surface area contributed by atoms with Gasteiger partial charge in [-0.25, -0.2) is 23.1 Å². The summed E-state index contributed by atoms with van der Waals surface area (Å²) < 4.78 is 38.6. The highest BCUT2D eigenvalue weighted by molar-refractivity contribution is 7.92. The van der Waals surface area contributed by atoms with Gasteiger partial charge in [-0.3, -0.25) is 4.79 Å². The number of aromatic nitrogens is 2. The molecule has 1 aromatic heterocycles. The molecule has 0 unspecified atom stereocenters. The Morgan fingerprint density at radius 2 is 1.68 bits per heavy atom. The number of sulfonamides is 1. The molecular formula is C24H28N4O5S. The molecule has 1 heterocycles. The first-order valence-corrected chi connectivity index (χ1v) is 12.4. The number of ether oxygens (including phenoxy) is 2. The van der Waals surface area contributed by atoms with Crippen LogP contribution in [0.25, 0.3) is 0 Å². The van der Waals surface area contributed by atoms with Crippen molar-refractivity contribution in [1.29, 1.82) is 0 Å². The van der Waals surface area contributed by atoms with E-state index < -0.39 is 10.0 Å². The van der Waals surface area contributed by atoms with Gasteiger partial charge in [0.15, 0.2) is 11.5 Å². The van der Waals surface area contributed by atoms with Crippen molar-refractivity contribution >= 4 is 27.6 Å². The summed E-state index contributed by atoms with van der Waals surface area (Å²) in [6.07, 6.45) is 2.25. The van der Waals surface area contributed by atoms with Gasteiger partial charge in [-0.05, 0) is 75.2 Å². The summed E-state index contributed by atoms with van der Waals surface area (Å²) in [6, 6.07) is 13.2. The van der Waals surface area contributed by atoms with E-state index in [1.807, 2.05) is 32.0 Å².